The van der Waals surface area contributed by atoms with Gasteiger partial charge in [-0.3, -0.25) is 0 Å². The minimum atomic E-state index is 1.08. The zero-order chi connectivity index (χ0) is 11.0. The van der Waals surface area contributed by atoms with E-state index in [1.54, 1.807) is 11.3 Å². The van der Waals surface area contributed by atoms with Crippen LogP contribution in [0.2, 0.25) is 0 Å². The van der Waals surface area contributed by atoms with Crippen molar-refractivity contribution in [1.82, 2.24) is 4.98 Å². The standard InChI is InChI=1S/C13H8INS/c14-10-5-3-4-9(8-10)13-15-11-6-1-2-7-12(11)16-13/h1-8H. The van der Waals surface area contributed by atoms with Gasteiger partial charge in [-0.1, -0.05) is 24.3 Å². The third-order valence-corrected chi connectivity index (χ3v) is 4.12. The van der Waals surface area contributed by atoms with E-state index in [0.717, 1.165) is 10.5 Å². The molecule has 0 aliphatic carbocycles. The van der Waals surface area contributed by atoms with Crippen LogP contribution >= 0.6 is 33.9 Å². The van der Waals surface area contributed by atoms with Crippen LogP contribution in [0.3, 0.4) is 0 Å². The van der Waals surface area contributed by atoms with Gasteiger partial charge in [0.2, 0.25) is 0 Å². The normalized spacial score (nSPS) is 10.8. The lowest BCUT2D eigenvalue weighted by molar-refractivity contribution is 1.47. The molecule has 16 heavy (non-hydrogen) atoms. The van der Waals surface area contributed by atoms with Gasteiger partial charge in [-0.25, -0.2) is 4.98 Å². The summed E-state index contributed by atoms with van der Waals surface area (Å²) in [4.78, 5) is 4.64. The fraction of sp³-hybridized carbons (Fsp3) is 0. The lowest BCUT2D eigenvalue weighted by Crippen LogP contribution is -1.76. The molecule has 0 amide bonds. The third kappa shape index (κ3) is 1.85. The topological polar surface area (TPSA) is 12.9 Å². The maximum atomic E-state index is 4.64. The van der Waals surface area contributed by atoms with E-state index in [1.165, 1.54) is 13.8 Å². The van der Waals surface area contributed by atoms with Crippen molar-refractivity contribution >= 4 is 44.1 Å². The van der Waals surface area contributed by atoms with Gasteiger partial charge >= 0.3 is 0 Å². The zero-order valence-electron chi connectivity index (χ0n) is 8.35. The molecule has 1 aromatic heterocycles. The van der Waals surface area contributed by atoms with Crippen molar-refractivity contribution in [2.45, 2.75) is 0 Å². The van der Waals surface area contributed by atoms with Crippen LogP contribution in [-0.2, 0) is 0 Å². The van der Waals surface area contributed by atoms with Crippen molar-refractivity contribution in [3.05, 3.63) is 52.1 Å². The van der Waals surface area contributed by atoms with Crippen LogP contribution in [-0.4, -0.2) is 4.98 Å². The molecule has 0 aliphatic rings. The van der Waals surface area contributed by atoms with Crippen molar-refractivity contribution in [3.63, 3.8) is 0 Å². The van der Waals surface area contributed by atoms with E-state index in [2.05, 4.69) is 70.0 Å². The van der Waals surface area contributed by atoms with E-state index in [1.807, 2.05) is 6.07 Å². The fourth-order valence-electron chi connectivity index (χ4n) is 1.62. The molecule has 3 rings (SSSR count). The zero-order valence-corrected chi connectivity index (χ0v) is 11.3. The molecule has 0 saturated heterocycles. The Kier molecular flexibility index (Phi) is 2.65. The first-order chi connectivity index (χ1) is 7.83. The maximum Gasteiger partial charge on any atom is 0.124 e. The second kappa shape index (κ2) is 4.14. The molecule has 0 saturated carbocycles. The quantitative estimate of drug-likeness (QED) is 0.593. The highest BCUT2D eigenvalue weighted by molar-refractivity contribution is 14.1. The van der Waals surface area contributed by atoms with Crippen molar-refractivity contribution < 1.29 is 0 Å². The Labute approximate surface area is 111 Å². The Bertz CT molecular complexity index is 612. The second-order valence-electron chi connectivity index (χ2n) is 3.50. The predicted molar refractivity (Wildman–Crippen MR) is 77.8 cm³/mol. The summed E-state index contributed by atoms with van der Waals surface area (Å²) in [5, 5.41) is 1.10. The van der Waals surface area contributed by atoms with Crippen molar-refractivity contribution in [1.29, 1.82) is 0 Å². The fourth-order valence-corrected chi connectivity index (χ4v) is 3.12. The van der Waals surface area contributed by atoms with Gasteiger partial charge in [0.1, 0.15) is 5.01 Å². The summed E-state index contributed by atoms with van der Waals surface area (Å²) < 4.78 is 2.49. The summed E-state index contributed by atoms with van der Waals surface area (Å²) >= 11 is 4.07. The van der Waals surface area contributed by atoms with Crippen molar-refractivity contribution in [3.8, 4) is 10.6 Å². The average molecular weight is 337 g/mol. The van der Waals surface area contributed by atoms with Crippen molar-refractivity contribution in [2.75, 3.05) is 0 Å². The molecule has 3 heteroatoms. The molecule has 0 radical (unpaired) electrons. The summed E-state index contributed by atoms with van der Waals surface area (Å²) in [7, 11) is 0. The molecule has 0 atom stereocenters. The minimum absolute atomic E-state index is 1.08. The number of rotatable bonds is 1. The molecule has 0 spiro atoms. The van der Waals surface area contributed by atoms with Gasteiger partial charge in [0.25, 0.3) is 0 Å². The monoisotopic (exact) mass is 337 g/mol. The number of nitrogens with zero attached hydrogens (tertiary/aromatic N) is 1. The first kappa shape index (κ1) is 10.2. The number of hydrogen-bond donors (Lipinski definition) is 0. The van der Waals surface area contributed by atoms with E-state index >= 15 is 0 Å². The molecule has 0 aliphatic heterocycles. The molecule has 0 unspecified atom stereocenters. The van der Waals surface area contributed by atoms with Gasteiger partial charge in [0, 0.05) is 9.13 Å². The highest BCUT2D eigenvalue weighted by Crippen LogP contribution is 2.30. The third-order valence-electron chi connectivity index (χ3n) is 2.37. The molecule has 3 aromatic rings. The van der Waals surface area contributed by atoms with E-state index in [4.69, 9.17) is 0 Å². The van der Waals surface area contributed by atoms with Crippen molar-refractivity contribution in [2.24, 2.45) is 0 Å². The Balaban J connectivity index is 2.19. The van der Waals surface area contributed by atoms with Crippen LogP contribution < -0.4 is 0 Å². The van der Waals surface area contributed by atoms with Crippen LogP contribution in [0, 0.1) is 3.57 Å². The molecule has 0 N–H and O–H groups in total. The molecule has 0 bridgehead atoms. The number of para-hydroxylation sites is 1. The minimum Gasteiger partial charge on any atom is -0.236 e. The smallest absolute Gasteiger partial charge is 0.124 e. The van der Waals surface area contributed by atoms with Crippen LogP contribution in [0.15, 0.2) is 48.5 Å². The number of thiazole rings is 1. The van der Waals surface area contributed by atoms with Gasteiger partial charge in [-0.2, -0.15) is 0 Å². The lowest BCUT2D eigenvalue weighted by atomic mass is 10.2. The SMILES string of the molecule is Ic1cccc(-c2nc3ccccc3s2)c1. The number of benzene rings is 2. The summed E-state index contributed by atoms with van der Waals surface area (Å²) in [5.74, 6) is 0. The summed E-state index contributed by atoms with van der Waals surface area (Å²) in [6.07, 6.45) is 0. The Morgan fingerprint density at radius 3 is 2.69 bits per heavy atom. The largest absolute Gasteiger partial charge is 0.236 e. The predicted octanol–water partition coefficient (Wildman–Crippen LogP) is 4.57. The maximum absolute atomic E-state index is 4.64. The number of fused-ring (bicyclic) bond motifs is 1. The van der Waals surface area contributed by atoms with E-state index in [9.17, 15) is 0 Å². The van der Waals surface area contributed by atoms with Crippen LogP contribution in [0.1, 0.15) is 0 Å². The molecule has 1 heterocycles. The highest BCUT2D eigenvalue weighted by atomic mass is 127. The van der Waals surface area contributed by atoms with Gasteiger partial charge in [-0.15, -0.1) is 11.3 Å². The summed E-state index contributed by atoms with van der Waals surface area (Å²) in [6.45, 7) is 0. The Morgan fingerprint density at radius 1 is 1.00 bits per heavy atom. The van der Waals surface area contributed by atoms with Crippen LogP contribution in [0.5, 0.6) is 0 Å². The second-order valence-corrected chi connectivity index (χ2v) is 5.77. The van der Waals surface area contributed by atoms with Crippen LogP contribution in [0.4, 0.5) is 0 Å². The van der Waals surface area contributed by atoms with Gasteiger partial charge in [0.05, 0.1) is 10.2 Å². The first-order valence-electron chi connectivity index (χ1n) is 4.94. The molecule has 78 valence electrons. The summed E-state index contributed by atoms with van der Waals surface area (Å²) in [5.41, 5.74) is 2.29. The van der Waals surface area contributed by atoms with Gasteiger partial charge in [-0.05, 0) is 46.9 Å². The number of hydrogen-bond acceptors (Lipinski definition) is 2. The highest BCUT2D eigenvalue weighted by Gasteiger charge is 2.05. The molecular weight excluding hydrogens is 329 g/mol. The summed E-state index contributed by atoms with van der Waals surface area (Å²) in [6, 6.07) is 16.7. The molecule has 0 fully saturated rings. The average Bonchev–Trinajstić information content (AvgIpc) is 2.72. The van der Waals surface area contributed by atoms with Gasteiger partial charge < -0.3 is 0 Å². The molecule has 1 nitrogen and oxygen atoms in total. The van der Waals surface area contributed by atoms with Gasteiger partial charge in [0.15, 0.2) is 0 Å². The van der Waals surface area contributed by atoms with E-state index in [0.29, 0.717) is 0 Å². The lowest BCUT2D eigenvalue weighted by Gasteiger charge is -1.95. The number of aromatic nitrogens is 1. The Hall–Kier alpha value is -0.940. The molecular formula is C13H8INS. The van der Waals surface area contributed by atoms with Crippen LogP contribution in [0.25, 0.3) is 20.8 Å². The number of halogens is 1. The Morgan fingerprint density at radius 2 is 1.88 bits per heavy atom. The van der Waals surface area contributed by atoms with E-state index < -0.39 is 0 Å². The first-order valence-corrected chi connectivity index (χ1v) is 6.84. The molecule has 2 aromatic carbocycles. The van der Waals surface area contributed by atoms with E-state index in [-0.39, 0.29) is 0 Å².